The quantitative estimate of drug-likeness (QED) is 0.172. The van der Waals surface area contributed by atoms with Crippen LogP contribution in [0.4, 0.5) is 4.79 Å². The van der Waals surface area contributed by atoms with Crippen LogP contribution in [-0.2, 0) is 22.4 Å². The minimum Gasteiger partial charge on any atom is -0.459 e. The van der Waals surface area contributed by atoms with Gasteiger partial charge in [0.25, 0.3) is 0 Å². The Hall–Kier alpha value is -2.82. The number of aliphatic hydroxyl groups is 2. The zero-order valence-corrected chi connectivity index (χ0v) is 21.6. The molecule has 0 radical (unpaired) electrons. The van der Waals surface area contributed by atoms with Gasteiger partial charge in [-0.3, -0.25) is 5.32 Å². The Kier molecular flexibility index (Phi) is 7.73. The Morgan fingerprint density at radius 3 is 2.27 bits per heavy atom. The van der Waals surface area contributed by atoms with Gasteiger partial charge in [0.05, 0.1) is 6.10 Å². The summed E-state index contributed by atoms with van der Waals surface area (Å²) in [5, 5.41) is 34.7. The molecule has 2 aromatic rings. The second-order valence-corrected chi connectivity index (χ2v) is 11.1. The van der Waals surface area contributed by atoms with Crippen molar-refractivity contribution in [2.24, 2.45) is 5.84 Å². The fourth-order valence-corrected chi connectivity index (χ4v) is 5.82. The Morgan fingerprint density at radius 1 is 1.08 bits per heavy atom. The largest absolute Gasteiger partial charge is 0.534 e. The van der Waals surface area contributed by atoms with E-state index in [0.717, 1.165) is 22.3 Å². The summed E-state index contributed by atoms with van der Waals surface area (Å²) in [6.07, 6.45) is -1.07. The molecular weight excluding hydrogens is 474 g/mol. The summed E-state index contributed by atoms with van der Waals surface area (Å²) in [6, 6.07) is 12.5. The molecule has 0 aliphatic carbocycles. The van der Waals surface area contributed by atoms with Crippen LogP contribution in [-0.4, -0.2) is 62.4 Å². The number of hydrogen-bond donors (Lipinski definition) is 5. The van der Waals surface area contributed by atoms with Gasteiger partial charge in [-0.15, -0.1) is 4.59 Å². The van der Waals surface area contributed by atoms with Crippen LogP contribution >= 0.6 is 0 Å². The number of benzene rings is 2. The van der Waals surface area contributed by atoms with Crippen molar-refractivity contribution in [1.82, 2.24) is 5.32 Å². The second kappa shape index (κ2) is 10.5. The first-order chi connectivity index (χ1) is 17.5. The number of carbonyl (C=O) groups excluding carboxylic acids is 1. The molecule has 0 saturated heterocycles. The average Bonchev–Trinajstić information content (AvgIpc) is 2.84. The van der Waals surface area contributed by atoms with E-state index in [2.05, 4.69) is 5.32 Å². The lowest BCUT2D eigenvalue weighted by atomic mass is 9.81. The van der Waals surface area contributed by atoms with Crippen LogP contribution in [0.1, 0.15) is 68.0 Å². The van der Waals surface area contributed by atoms with E-state index in [1.54, 1.807) is 20.8 Å². The first-order valence-electron chi connectivity index (χ1n) is 12.8. The molecule has 200 valence electrons. The van der Waals surface area contributed by atoms with Gasteiger partial charge in [0, 0.05) is 37.5 Å². The molecule has 2 aromatic carbocycles. The van der Waals surface area contributed by atoms with Crippen molar-refractivity contribution in [3.63, 3.8) is 0 Å². The molecule has 1 amide bonds. The predicted octanol–water partition coefficient (Wildman–Crippen LogP) is 2.75. The number of hydrogen-bond acceptors (Lipinski definition) is 7. The van der Waals surface area contributed by atoms with Gasteiger partial charge in [-0.1, -0.05) is 48.5 Å². The molecule has 6 atom stereocenters. The minimum absolute atomic E-state index is 0.0972. The second-order valence-electron chi connectivity index (χ2n) is 11.1. The van der Waals surface area contributed by atoms with E-state index >= 15 is 0 Å². The summed E-state index contributed by atoms with van der Waals surface area (Å²) in [6.45, 7) is 5.21. The number of nitrogens with two attached hydrogens (primary N) is 1. The maximum atomic E-state index is 13.1. The third-order valence-electron chi connectivity index (χ3n) is 7.53. The first-order valence-corrected chi connectivity index (χ1v) is 12.8. The summed E-state index contributed by atoms with van der Waals surface area (Å²) < 4.78 is 4.84. The first kappa shape index (κ1) is 27.2. The van der Waals surface area contributed by atoms with Gasteiger partial charge in [0.2, 0.25) is 0 Å². The number of rotatable bonds is 6. The molecule has 9 heteroatoms. The number of nitrogens with zero attached hydrogens (tertiary/aromatic N) is 1. The summed E-state index contributed by atoms with van der Waals surface area (Å²) in [5.41, 5.74) is 2.84. The minimum atomic E-state index is -1.21. The summed E-state index contributed by atoms with van der Waals surface area (Å²) in [4.78, 5) is 25.7. The maximum absolute atomic E-state index is 13.1. The molecule has 0 bridgehead atoms. The molecule has 6 unspecified atom stereocenters. The highest BCUT2D eigenvalue weighted by Crippen LogP contribution is 2.41. The number of amides is 1. The van der Waals surface area contributed by atoms with E-state index in [1.807, 2.05) is 48.5 Å². The molecule has 0 fully saturated rings. The Morgan fingerprint density at radius 2 is 1.68 bits per heavy atom. The lowest BCUT2D eigenvalue weighted by Crippen LogP contribution is -2.69. The van der Waals surface area contributed by atoms with E-state index in [-0.39, 0.29) is 19.4 Å². The van der Waals surface area contributed by atoms with Crippen LogP contribution < -0.4 is 11.2 Å². The van der Waals surface area contributed by atoms with Gasteiger partial charge in [-0.2, -0.15) is 10.6 Å². The van der Waals surface area contributed by atoms with Crippen LogP contribution in [0.3, 0.4) is 0 Å². The van der Waals surface area contributed by atoms with Gasteiger partial charge in [-0.25, -0.2) is 4.79 Å². The Labute approximate surface area is 217 Å². The van der Waals surface area contributed by atoms with Crippen LogP contribution in [0.25, 0.3) is 0 Å². The van der Waals surface area contributed by atoms with Crippen molar-refractivity contribution in [3.05, 3.63) is 70.8 Å². The molecule has 2 aliphatic rings. The number of nitrogens with one attached hydrogen (secondary N) is 1. The van der Waals surface area contributed by atoms with E-state index in [0.29, 0.717) is 12.8 Å². The van der Waals surface area contributed by atoms with Gasteiger partial charge in [0.15, 0.2) is 0 Å². The van der Waals surface area contributed by atoms with Crippen LogP contribution in [0.2, 0.25) is 0 Å². The van der Waals surface area contributed by atoms with Gasteiger partial charge in [-0.05, 0) is 43.9 Å². The standard InChI is InChI=1S/C28H37N3O6/c1-28(2,3)37-26(34)25-21-11-7-5-9-18(21)15-22(30-25)24(33)16-19-14-17-8-4-6-10-20(17)23(12-13-32)31(19,29)27(35)36/h4-11,19,22-25,30,32-33H,12-16,29H2,1-3H3/p+1. The lowest BCUT2D eigenvalue weighted by Gasteiger charge is -2.46. The molecular formula is C28H38N3O6+. The van der Waals surface area contributed by atoms with Crippen LogP contribution in [0, 0.1) is 0 Å². The maximum Gasteiger partial charge on any atom is 0.534 e. The van der Waals surface area contributed by atoms with Gasteiger partial charge in [0.1, 0.15) is 23.7 Å². The zero-order chi connectivity index (χ0) is 27.0. The highest BCUT2D eigenvalue weighted by Gasteiger charge is 2.54. The normalized spacial score (nSPS) is 28.1. The molecule has 0 saturated carbocycles. The van der Waals surface area contributed by atoms with E-state index < -0.39 is 52.5 Å². The fraction of sp³-hybridized carbons (Fsp3) is 0.500. The molecule has 37 heavy (non-hydrogen) atoms. The van der Waals surface area contributed by atoms with Crippen molar-refractivity contribution < 1.29 is 34.2 Å². The topological polar surface area (TPSA) is 142 Å². The molecule has 6 N–H and O–H groups in total. The number of fused-ring (bicyclic) bond motifs is 2. The monoisotopic (exact) mass is 512 g/mol. The van der Waals surface area contributed by atoms with Crippen molar-refractivity contribution in [2.75, 3.05) is 6.61 Å². The molecule has 9 nitrogen and oxygen atoms in total. The SMILES string of the molecule is CC(C)(C)OC(=O)C1NC(C(O)CC2Cc3ccccc3C(CCO)[N+]2(N)C(=O)O)Cc2ccccc21. The summed E-state index contributed by atoms with van der Waals surface area (Å²) >= 11 is 0. The highest BCUT2D eigenvalue weighted by molar-refractivity contribution is 5.79. The number of carboxylic acid groups (broad SMARTS) is 1. The Bertz CT molecular complexity index is 1150. The van der Waals surface area contributed by atoms with Crippen molar-refractivity contribution in [1.29, 1.82) is 0 Å². The lowest BCUT2D eigenvalue weighted by molar-refractivity contribution is -0.927. The third kappa shape index (κ3) is 5.42. The molecule has 2 aliphatic heterocycles. The fourth-order valence-electron chi connectivity index (χ4n) is 5.82. The Balaban J connectivity index is 1.62. The smallest absolute Gasteiger partial charge is 0.459 e. The van der Waals surface area contributed by atoms with E-state index in [1.165, 1.54) is 0 Å². The summed E-state index contributed by atoms with van der Waals surface area (Å²) in [5.74, 6) is 6.18. The van der Waals surface area contributed by atoms with E-state index in [4.69, 9.17) is 10.6 Å². The number of ether oxygens (including phenoxy) is 1. The molecule has 4 rings (SSSR count). The van der Waals surface area contributed by atoms with Crippen molar-refractivity contribution in [2.45, 2.75) is 82.3 Å². The van der Waals surface area contributed by atoms with Gasteiger partial charge < -0.3 is 20.1 Å². The number of quaternary nitrogens is 1. The third-order valence-corrected chi connectivity index (χ3v) is 7.53. The molecule has 2 heterocycles. The molecule has 0 aromatic heterocycles. The van der Waals surface area contributed by atoms with Gasteiger partial charge >= 0.3 is 12.1 Å². The zero-order valence-electron chi connectivity index (χ0n) is 21.6. The number of carbonyl (C=O) groups is 2. The van der Waals surface area contributed by atoms with Crippen LogP contribution in [0.5, 0.6) is 0 Å². The molecule has 0 spiro atoms. The summed E-state index contributed by atoms with van der Waals surface area (Å²) in [7, 11) is 0. The highest BCUT2D eigenvalue weighted by atomic mass is 16.6. The predicted molar refractivity (Wildman–Crippen MR) is 137 cm³/mol. The average molecular weight is 513 g/mol. The van der Waals surface area contributed by atoms with E-state index in [9.17, 15) is 24.9 Å². The number of aliphatic hydroxyl groups excluding tert-OH is 2. The van der Waals surface area contributed by atoms with Crippen LogP contribution in [0.15, 0.2) is 48.5 Å². The van der Waals surface area contributed by atoms with Crippen molar-refractivity contribution in [3.8, 4) is 0 Å². The van der Waals surface area contributed by atoms with Crippen molar-refractivity contribution >= 4 is 12.1 Å². The number of esters is 1.